The van der Waals surface area contributed by atoms with Crippen LogP contribution in [0.2, 0.25) is 0 Å². The number of hydrogen-bond donors (Lipinski definition) is 1. The molecule has 0 spiro atoms. The van der Waals surface area contributed by atoms with Crippen LogP contribution in [0.5, 0.6) is 0 Å². The van der Waals surface area contributed by atoms with Crippen molar-refractivity contribution in [3.63, 3.8) is 0 Å². The third kappa shape index (κ3) is 3.57. The summed E-state index contributed by atoms with van der Waals surface area (Å²) in [5, 5.41) is 21.3. The molecule has 2 aromatic rings. The van der Waals surface area contributed by atoms with Gasteiger partial charge in [-0.25, -0.2) is 0 Å². The van der Waals surface area contributed by atoms with Gasteiger partial charge in [0.25, 0.3) is 0 Å². The van der Waals surface area contributed by atoms with Crippen molar-refractivity contribution in [2.75, 3.05) is 39.3 Å². The number of nitrogens with zero attached hydrogens (tertiary/aromatic N) is 6. The van der Waals surface area contributed by atoms with E-state index in [4.69, 9.17) is 5.11 Å². The molecule has 1 N–H and O–H groups in total. The summed E-state index contributed by atoms with van der Waals surface area (Å²) in [6, 6.07) is 6.22. The Morgan fingerprint density at radius 1 is 1.04 bits per heavy atom. The van der Waals surface area contributed by atoms with Gasteiger partial charge in [-0.05, 0) is 35.4 Å². The van der Waals surface area contributed by atoms with Crippen molar-refractivity contribution in [1.29, 1.82) is 0 Å². The van der Waals surface area contributed by atoms with E-state index in [-0.39, 0.29) is 6.61 Å². The Balaban J connectivity index is 1.73. The third-order valence-electron chi connectivity index (χ3n) is 4.43. The molecule has 0 aliphatic carbocycles. The number of aromatic nitrogens is 4. The Morgan fingerprint density at radius 2 is 1.70 bits per heavy atom. The number of aliphatic hydroxyl groups is 1. The molecule has 3 rings (SSSR count). The summed E-state index contributed by atoms with van der Waals surface area (Å²) in [6.45, 7) is 9.80. The molecule has 0 bridgehead atoms. The molecule has 0 radical (unpaired) electrons. The van der Waals surface area contributed by atoms with Gasteiger partial charge in [-0.2, -0.15) is 4.68 Å². The topological polar surface area (TPSA) is 70.3 Å². The molecule has 7 heteroatoms. The van der Waals surface area contributed by atoms with Crippen molar-refractivity contribution >= 4 is 0 Å². The smallest absolute Gasteiger partial charge is 0.170 e. The molecular weight excluding hydrogens is 292 g/mol. The van der Waals surface area contributed by atoms with E-state index in [0.29, 0.717) is 0 Å². The minimum absolute atomic E-state index is 0.227. The van der Waals surface area contributed by atoms with Crippen LogP contribution >= 0.6 is 0 Å². The van der Waals surface area contributed by atoms with Gasteiger partial charge in [-0.1, -0.05) is 18.2 Å². The Hall–Kier alpha value is -1.83. The fraction of sp³-hybridized carbons (Fsp3) is 0.562. The van der Waals surface area contributed by atoms with Gasteiger partial charge >= 0.3 is 0 Å². The third-order valence-corrected chi connectivity index (χ3v) is 4.43. The molecule has 0 unspecified atom stereocenters. The molecule has 7 nitrogen and oxygen atoms in total. The molecule has 1 aliphatic heterocycles. The van der Waals surface area contributed by atoms with Crippen LogP contribution in [0.4, 0.5) is 0 Å². The van der Waals surface area contributed by atoms with Crippen LogP contribution < -0.4 is 0 Å². The summed E-state index contributed by atoms with van der Waals surface area (Å²) < 4.78 is 1.87. The van der Waals surface area contributed by atoms with Gasteiger partial charge in [0.1, 0.15) is 0 Å². The molecule has 1 fully saturated rings. The fourth-order valence-electron chi connectivity index (χ4n) is 3.13. The average molecular weight is 316 g/mol. The molecular formula is C16H24N6O. The lowest BCUT2D eigenvalue weighted by Gasteiger charge is -2.33. The molecule has 0 atom stereocenters. The SMILES string of the molecule is Cc1cccc(C)c1-n1nnnc1CN1CCN(CCO)CC1. The number of β-amino-alcohol motifs (C(OH)–C–C–N with tert-alkyl or cyclic N) is 1. The predicted molar refractivity (Wildman–Crippen MR) is 87.4 cm³/mol. The van der Waals surface area contributed by atoms with Crippen LogP contribution in [-0.2, 0) is 6.54 Å². The van der Waals surface area contributed by atoms with Gasteiger partial charge in [0.15, 0.2) is 5.82 Å². The monoisotopic (exact) mass is 316 g/mol. The van der Waals surface area contributed by atoms with Gasteiger partial charge in [0, 0.05) is 32.7 Å². The van der Waals surface area contributed by atoms with Crippen LogP contribution in [0.15, 0.2) is 18.2 Å². The minimum Gasteiger partial charge on any atom is -0.395 e. The van der Waals surface area contributed by atoms with Crippen LogP contribution in [-0.4, -0.2) is 74.4 Å². The van der Waals surface area contributed by atoms with Crippen LogP contribution in [0, 0.1) is 13.8 Å². The lowest BCUT2D eigenvalue weighted by Crippen LogP contribution is -2.46. The number of aryl methyl sites for hydroxylation is 2. The van der Waals surface area contributed by atoms with E-state index < -0.39 is 0 Å². The molecule has 1 saturated heterocycles. The first-order valence-corrected chi connectivity index (χ1v) is 8.08. The van der Waals surface area contributed by atoms with Crippen LogP contribution in [0.1, 0.15) is 17.0 Å². The summed E-state index contributed by atoms with van der Waals surface area (Å²) >= 11 is 0. The number of hydrogen-bond acceptors (Lipinski definition) is 6. The first-order valence-electron chi connectivity index (χ1n) is 8.08. The fourth-order valence-corrected chi connectivity index (χ4v) is 3.13. The van der Waals surface area contributed by atoms with Crippen molar-refractivity contribution in [3.05, 3.63) is 35.2 Å². The van der Waals surface area contributed by atoms with E-state index >= 15 is 0 Å². The average Bonchev–Trinajstić information content (AvgIpc) is 2.97. The van der Waals surface area contributed by atoms with Gasteiger partial charge in [-0.15, -0.1) is 5.10 Å². The Bertz CT molecular complexity index is 628. The summed E-state index contributed by atoms with van der Waals surface area (Å²) in [5.41, 5.74) is 3.42. The highest BCUT2D eigenvalue weighted by Gasteiger charge is 2.20. The summed E-state index contributed by atoms with van der Waals surface area (Å²) in [5.74, 6) is 0.873. The molecule has 1 aromatic carbocycles. The van der Waals surface area contributed by atoms with Gasteiger partial charge in [-0.3, -0.25) is 9.80 Å². The van der Waals surface area contributed by atoms with Crippen molar-refractivity contribution in [2.24, 2.45) is 0 Å². The molecule has 1 aromatic heterocycles. The van der Waals surface area contributed by atoms with Gasteiger partial charge < -0.3 is 5.11 Å². The molecule has 0 saturated carbocycles. The standard InChI is InChI=1S/C16H24N6O/c1-13-4-3-5-14(2)16(13)22-15(17-18-19-22)12-21-8-6-20(7-9-21)10-11-23/h3-5,23H,6-12H2,1-2H3. The second-order valence-electron chi connectivity index (χ2n) is 6.09. The highest BCUT2D eigenvalue weighted by Crippen LogP contribution is 2.19. The largest absolute Gasteiger partial charge is 0.395 e. The van der Waals surface area contributed by atoms with Crippen molar-refractivity contribution in [3.8, 4) is 5.69 Å². The van der Waals surface area contributed by atoms with E-state index in [2.05, 4.69) is 57.4 Å². The zero-order valence-corrected chi connectivity index (χ0v) is 13.8. The number of rotatable bonds is 5. The maximum atomic E-state index is 9.02. The van der Waals surface area contributed by atoms with Crippen molar-refractivity contribution in [1.82, 2.24) is 30.0 Å². The molecule has 2 heterocycles. The first-order chi connectivity index (χ1) is 11.2. The number of para-hydroxylation sites is 1. The molecule has 23 heavy (non-hydrogen) atoms. The lowest BCUT2D eigenvalue weighted by molar-refractivity contribution is 0.106. The summed E-state index contributed by atoms with van der Waals surface area (Å²) in [6.07, 6.45) is 0. The minimum atomic E-state index is 0.227. The maximum absolute atomic E-state index is 9.02. The Labute approximate surface area is 136 Å². The van der Waals surface area contributed by atoms with E-state index in [9.17, 15) is 0 Å². The normalized spacial score (nSPS) is 16.8. The van der Waals surface area contributed by atoms with E-state index in [1.54, 1.807) is 0 Å². The van der Waals surface area contributed by atoms with Gasteiger partial charge in [0.05, 0.1) is 18.8 Å². The molecule has 124 valence electrons. The van der Waals surface area contributed by atoms with Crippen LogP contribution in [0.25, 0.3) is 5.69 Å². The second kappa shape index (κ2) is 7.16. The quantitative estimate of drug-likeness (QED) is 0.860. The highest BCUT2D eigenvalue weighted by molar-refractivity contribution is 5.46. The predicted octanol–water partition coefficient (Wildman–Crippen LogP) is 0.389. The van der Waals surface area contributed by atoms with E-state index in [0.717, 1.165) is 50.8 Å². The highest BCUT2D eigenvalue weighted by atomic mass is 16.3. The number of tetrazole rings is 1. The van der Waals surface area contributed by atoms with Crippen LogP contribution in [0.3, 0.4) is 0 Å². The zero-order valence-electron chi connectivity index (χ0n) is 13.8. The van der Waals surface area contributed by atoms with E-state index in [1.165, 1.54) is 11.1 Å². The van der Waals surface area contributed by atoms with Gasteiger partial charge in [0.2, 0.25) is 0 Å². The number of piperazine rings is 1. The summed E-state index contributed by atoms with van der Waals surface area (Å²) in [4.78, 5) is 4.65. The van der Waals surface area contributed by atoms with Crippen molar-refractivity contribution < 1.29 is 5.11 Å². The maximum Gasteiger partial charge on any atom is 0.170 e. The Morgan fingerprint density at radius 3 is 2.35 bits per heavy atom. The first kappa shape index (κ1) is 16.0. The number of aliphatic hydroxyl groups excluding tert-OH is 1. The zero-order chi connectivity index (χ0) is 16.2. The second-order valence-corrected chi connectivity index (χ2v) is 6.09. The Kier molecular flexibility index (Phi) is 5.00. The molecule has 0 amide bonds. The van der Waals surface area contributed by atoms with E-state index in [1.807, 2.05) is 4.68 Å². The summed E-state index contributed by atoms with van der Waals surface area (Å²) in [7, 11) is 0. The lowest BCUT2D eigenvalue weighted by atomic mass is 10.1. The number of benzene rings is 1. The van der Waals surface area contributed by atoms with Crippen molar-refractivity contribution in [2.45, 2.75) is 20.4 Å². The molecule has 1 aliphatic rings.